The van der Waals surface area contributed by atoms with Crippen LogP contribution in [0.2, 0.25) is 10.0 Å². The number of benzene rings is 2. The molecule has 0 bridgehead atoms. The van der Waals surface area contributed by atoms with E-state index in [9.17, 15) is 22.4 Å². The quantitative estimate of drug-likeness (QED) is 0.518. The molecule has 0 aliphatic carbocycles. The molecular weight excluding hydrogens is 492 g/mol. The minimum Gasteiger partial charge on any atom is -0.355 e. The molecule has 2 aromatic carbocycles. The molecule has 0 aliphatic heterocycles. The van der Waals surface area contributed by atoms with E-state index in [1.807, 2.05) is 0 Å². The Bertz CT molecular complexity index is 1100. The smallest absolute Gasteiger partial charge is 0.244 e. The van der Waals surface area contributed by atoms with Gasteiger partial charge in [0.05, 0.1) is 17.0 Å². The molecule has 2 aromatic rings. The fourth-order valence-corrected chi connectivity index (χ4v) is 4.70. The standard InChI is InChI=1S/C22H26Cl2FN3O4S/c1-4-19(22(30)26-5-2)27(13-15-6-9-17(25)10-7-15)21(29)14-28(33(3,31)32)20-11-8-16(23)12-18(20)24/h6-12,19H,4-5,13-14H2,1-3H3,(H,26,30)/t19-/m1/s1. The molecule has 0 aromatic heterocycles. The largest absolute Gasteiger partial charge is 0.355 e. The molecular formula is C22H26Cl2FN3O4S. The van der Waals surface area contributed by atoms with Gasteiger partial charge in [-0.25, -0.2) is 12.8 Å². The van der Waals surface area contributed by atoms with Gasteiger partial charge >= 0.3 is 0 Å². The molecule has 0 unspecified atom stereocenters. The molecule has 0 heterocycles. The van der Waals surface area contributed by atoms with Crippen LogP contribution >= 0.6 is 23.2 Å². The summed E-state index contributed by atoms with van der Waals surface area (Å²) < 4.78 is 39.3. The summed E-state index contributed by atoms with van der Waals surface area (Å²) in [6.07, 6.45) is 1.25. The van der Waals surface area contributed by atoms with Crippen molar-refractivity contribution < 1.29 is 22.4 Å². The highest BCUT2D eigenvalue weighted by atomic mass is 35.5. The normalized spacial score (nSPS) is 12.2. The van der Waals surface area contributed by atoms with Crippen molar-refractivity contribution in [3.05, 3.63) is 63.9 Å². The molecule has 11 heteroatoms. The van der Waals surface area contributed by atoms with E-state index in [0.29, 0.717) is 23.6 Å². The highest BCUT2D eigenvalue weighted by Gasteiger charge is 2.32. The molecule has 33 heavy (non-hydrogen) atoms. The average Bonchev–Trinajstić information content (AvgIpc) is 2.73. The Morgan fingerprint density at radius 3 is 2.24 bits per heavy atom. The van der Waals surface area contributed by atoms with E-state index in [1.165, 1.54) is 47.4 Å². The summed E-state index contributed by atoms with van der Waals surface area (Å²) in [5.41, 5.74) is 0.674. The number of halogens is 3. The SMILES string of the molecule is CCNC(=O)[C@@H](CC)N(Cc1ccc(F)cc1)C(=O)CN(c1ccc(Cl)cc1Cl)S(C)(=O)=O. The summed E-state index contributed by atoms with van der Waals surface area (Å²) in [4.78, 5) is 27.4. The van der Waals surface area contributed by atoms with Crippen LogP contribution in [0.25, 0.3) is 0 Å². The lowest BCUT2D eigenvalue weighted by Crippen LogP contribution is -2.52. The number of anilines is 1. The Morgan fingerprint density at radius 2 is 1.73 bits per heavy atom. The minimum absolute atomic E-state index is 0.0132. The van der Waals surface area contributed by atoms with Gasteiger partial charge < -0.3 is 10.2 Å². The van der Waals surface area contributed by atoms with Crippen molar-refractivity contribution >= 4 is 50.7 Å². The highest BCUT2D eigenvalue weighted by molar-refractivity contribution is 7.92. The number of amides is 2. The number of hydrogen-bond donors (Lipinski definition) is 1. The second-order valence-electron chi connectivity index (χ2n) is 7.33. The van der Waals surface area contributed by atoms with Crippen molar-refractivity contribution in [1.29, 1.82) is 0 Å². The van der Waals surface area contributed by atoms with Crippen molar-refractivity contribution in [2.24, 2.45) is 0 Å². The first kappa shape index (κ1) is 26.9. The maximum atomic E-state index is 13.4. The molecule has 180 valence electrons. The topological polar surface area (TPSA) is 86.8 Å². The summed E-state index contributed by atoms with van der Waals surface area (Å²) >= 11 is 12.1. The molecule has 1 atom stereocenters. The maximum absolute atomic E-state index is 13.4. The van der Waals surface area contributed by atoms with E-state index in [4.69, 9.17) is 23.2 Å². The number of nitrogens with zero attached hydrogens (tertiary/aromatic N) is 2. The first-order chi connectivity index (χ1) is 15.5. The lowest BCUT2D eigenvalue weighted by molar-refractivity contribution is -0.140. The van der Waals surface area contributed by atoms with Gasteiger partial charge in [-0.1, -0.05) is 42.3 Å². The van der Waals surface area contributed by atoms with E-state index in [2.05, 4.69) is 5.32 Å². The number of nitrogens with one attached hydrogen (secondary N) is 1. The number of hydrogen-bond acceptors (Lipinski definition) is 4. The third-order valence-corrected chi connectivity index (χ3v) is 6.53. The summed E-state index contributed by atoms with van der Waals surface area (Å²) in [7, 11) is -3.92. The van der Waals surface area contributed by atoms with Crippen LogP contribution in [0.5, 0.6) is 0 Å². The van der Waals surface area contributed by atoms with Crippen LogP contribution in [-0.2, 0) is 26.2 Å². The van der Waals surface area contributed by atoms with Crippen molar-refractivity contribution in [2.75, 3.05) is 23.7 Å². The Balaban J connectivity index is 2.45. The fraction of sp³-hybridized carbons (Fsp3) is 0.364. The van der Waals surface area contributed by atoms with Gasteiger partial charge in [-0.3, -0.25) is 13.9 Å². The van der Waals surface area contributed by atoms with E-state index in [0.717, 1.165) is 10.6 Å². The third kappa shape index (κ3) is 7.31. The van der Waals surface area contributed by atoms with Crippen LogP contribution in [0.4, 0.5) is 10.1 Å². The summed E-state index contributed by atoms with van der Waals surface area (Å²) in [5, 5.41) is 3.06. The number of carbonyl (C=O) groups excluding carboxylic acids is 2. The molecule has 0 radical (unpaired) electrons. The van der Waals surface area contributed by atoms with Crippen LogP contribution in [0, 0.1) is 5.82 Å². The summed E-state index contributed by atoms with van der Waals surface area (Å²) in [6, 6.07) is 8.90. The van der Waals surface area contributed by atoms with Crippen LogP contribution in [0.15, 0.2) is 42.5 Å². The van der Waals surface area contributed by atoms with Gasteiger partial charge in [0.1, 0.15) is 18.4 Å². The van der Waals surface area contributed by atoms with Gasteiger partial charge in [0.2, 0.25) is 21.8 Å². The average molecular weight is 518 g/mol. The lowest BCUT2D eigenvalue weighted by atomic mass is 10.1. The number of carbonyl (C=O) groups is 2. The first-order valence-electron chi connectivity index (χ1n) is 10.2. The van der Waals surface area contributed by atoms with Gasteiger partial charge in [0, 0.05) is 18.1 Å². The zero-order valence-corrected chi connectivity index (χ0v) is 20.8. The van der Waals surface area contributed by atoms with Crippen LogP contribution in [-0.4, -0.2) is 50.5 Å². The van der Waals surface area contributed by atoms with E-state index < -0.39 is 34.3 Å². The van der Waals surface area contributed by atoms with Crippen LogP contribution < -0.4 is 9.62 Å². The molecule has 2 amide bonds. The van der Waals surface area contributed by atoms with E-state index in [1.54, 1.807) is 13.8 Å². The van der Waals surface area contributed by atoms with Gasteiger partial charge in [-0.15, -0.1) is 0 Å². The second-order valence-corrected chi connectivity index (χ2v) is 10.1. The molecule has 0 aliphatic rings. The molecule has 1 N–H and O–H groups in total. The molecule has 0 fully saturated rings. The number of sulfonamides is 1. The van der Waals surface area contributed by atoms with Crippen molar-refractivity contribution in [1.82, 2.24) is 10.2 Å². The Hall–Kier alpha value is -2.36. The second kappa shape index (κ2) is 11.7. The molecule has 0 saturated carbocycles. The minimum atomic E-state index is -3.92. The van der Waals surface area contributed by atoms with Gasteiger partial charge in [-0.2, -0.15) is 0 Å². The first-order valence-corrected chi connectivity index (χ1v) is 12.8. The fourth-order valence-electron chi connectivity index (χ4n) is 3.28. The summed E-state index contributed by atoms with van der Waals surface area (Å²) in [5.74, 6) is -1.42. The summed E-state index contributed by atoms with van der Waals surface area (Å²) in [6.45, 7) is 3.27. The third-order valence-electron chi connectivity index (χ3n) is 4.86. The van der Waals surface area contributed by atoms with Crippen molar-refractivity contribution in [3.8, 4) is 0 Å². The zero-order chi connectivity index (χ0) is 24.8. The van der Waals surface area contributed by atoms with E-state index >= 15 is 0 Å². The molecule has 7 nitrogen and oxygen atoms in total. The van der Waals surface area contributed by atoms with Gasteiger partial charge in [-0.05, 0) is 49.2 Å². The molecule has 2 rings (SSSR count). The molecule has 0 spiro atoms. The Morgan fingerprint density at radius 1 is 1.09 bits per heavy atom. The van der Waals surface area contributed by atoms with Crippen molar-refractivity contribution in [2.45, 2.75) is 32.9 Å². The monoisotopic (exact) mass is 517 g/mol. The van der Waals surface area contributed by atoms with E-state index in [-0.39, 0.29) is 23.2 Å². The molecule has 0 saturated heterocycles. The maximum Gasteiger partial charge on any atom is 0.244 e. The Labute approximate surface area is 203 Å². The van der Waals surface area contributed by atoms with Gasteiger partial charge in [0.25, 0.3) is 0 Å². The van der Waals surface area contributed by atoms with Crippen LogP contribution in [0.3, 0.4) is 0 Å². The highest BCUT2D eigenvalue weighted by Crippen LogP contribution is 2.30. The lowest BCUT2D eigenvalue weighted by Gasteiger charge is -2.33. The number of likely N-dealkylation sites (N-methyl/N-ethyl adjacent to an activating group) is 1. The van der Waals surface area contributed by atoms with Crippen LogP contribution in [0.1, 0.15) is 25.8 Å². The predicted molar refractivity (Wildman–Crippen MR) is 128 cm³/mol. The van der Waals surface area contributed by atoms with Crippen molar-refractivity contribution in [3.63, 3.8) is 0 Å². The zero-order valence-electron chi connectivity index (χ0n) is 18.5. The predicted octanol–water partition coefficient (Wildman–Crippen LogP) is 3.84. The van der Waals surface area contributed by atoms with Gasteiger partial charge in [0.15, 0.2) is 0 Å². The number of rotatable bonds is 10. The Kier molecular flexibility index (Phi) is 9.51.